The summed E-state index contributed by atoms with van der Waals surface area (Å²) in [6.07, 6.45) is 10.2. The van der Waals surface area contributed by atoms with E-state index in [2.05, 4.69) is 30.6 Å². The summed E-state index contributed by atoms with van der Waals surface area (Å²) in [5, 5.41) is 0. The van der Waals surface area contributed by atoms with Crippen LogP contribution in [0.4, 0.5) is 0 Å². The summed E-state index contributed by atoms with van der Waals surface area (Å²) in [4.78, 5) is 5.75. The number of piperidine rings is 1. The Morgan fingerprint density at radius 2 is 1.85 bits per heavy atom. The lowest BCUT2D eigenvalue weighted by Gasteiger charge is -2.52. The van der Waals surface area contributed by atoms with Crippen molar-refractivity contribution in [3.63, 3.8) is 0 Å². The minimum absolute atomic E-state index is 0.797. The SMILES string of the molecule is CCC(CC1CC1)N1CC2CCCCN2CC1C(C)C. The van der Waals surface area contributed by atoms with Gasteiger partial charge in [0.2, 0.25) is 0 Å². The molecule has 116 valence electrons. The molecule has 0 radical (unpaired) electrons. The normalized spacial score (nSPS) is 34.2. The average molecular weight is 278 g/mol. The zero-order valence-corrected chi connectivity index (χ0v) is 13.9. The fourth-order valence-corrected chi connectivity index (χ4v) is 4.52. The molecule has 1 saturated carbocycles. The maximum atomic E-state index is 2.94. The highest BCUT2D eigenvalue weighted by Crippen LogP contribution is 2.37. The topological polar surface area (TPSA) is 6.48 Å². The first-order valence-corrected chi connectivity index (χ1v) is 9.18. The van der Waals surface area contributed by atoms with Gasteiger partial charge in [-0.2, -0.15) is 0 Å². The van der Waals surface area contributed by atoms with Gasteiger partial charge < -0.3 is 0 Å². The Balaban J connectivity index is 1.70. The van der Waals surface area contributed by atoms with E-state index in [0.717, 1.165) is 30.0 Å². The Morgan fingerprint density at radius 1 is 1.05 bits per heavy atom. The van der Waals surface area contributed by atoms with Crippen molar-refractivity contribution in [2.75, 3.05) is 19.6 Å². The van der Waals surface area contributed by atoms with Gasteiger partial charge in [0.25, 0.3) is 0 Å². The van der Waals surface area contributed by atoms with Crippen LogP contribution < -0.4 is 0 Å². The Labute approximate surface area is 125 Å². The van der Waals surface area contributed by atoms with E-state index in [-0.39, 0.29) is 0 Å². The van der Waals surface area contributed by atoms with E-state index < -0.39 is 0 Å². The summed E-state index contributed by atoms with van der Waals surface area (Å²) in [6, 6.07) is 2.53. The molecule has 2 nitrogen and oxygen atoms in total. The monoisotopic (exact) mass is 278 g/mol. The van der Waals surface area contributed by atoms with E-state index in [1.165, 1.54) is 64.6 Å². The largest absolute Gasteiger partial charge is 0.298 e. The van der Waals surface area contributed by atoms with Gasteiger partial charge in [-0.1, -0.05) is 40.0 Å². The van der Waals surface area contributed by atoms with E-state index in [9.17, 15) is 0 Å². The molecule has 0 aromatic rings. The van der Waals surface area contributed by atoms with Crippen molar-refractivity contribution in [1.82, 2.24) is 9.80 Å². The predicted molar refractivity (Wildman–Crippen MR) is 86.0 cm³/mol. The molecule has 0 aromatic carbocycles. The molecule has 2 heteroatoms. The minimum Gasteiger partial charge on any atom is -0.298 e. The van der Waals surface area contributed by atoms with Crippen LogP contribution in [0, 0.1) is 11.8 Å². The molecule has 2 saturated heterocycles. The number of nitrogens with zero attached hydrogens (tertiary/aromatic N) is 2. The maximum absolute atomic E-state index is 2.94. The molecule has 20 heavy (non-hydrogen) atoms. The van der Waals surface area contributed by atoms with Crippen LogP contribution in [0.3, 0.4) is 0 Å². The third-order valence-electron chi connectivity index (χ3n) is 6.03. The molecule has 0 spiro atoms. The summed E-state index contributed by atoms with van der Waals surface area (Å²) in [6.45, 7) is 11.3. The van der Waals surface area contributed by atoms with Crippen LogP contribution >= 0.6 is 0 Å². The molecule has 3 atom stereocenters. The Bertz CT molecular complexity index is 311. The Kier molecular flexibility index (Phi) is 4.72. The van der Waals surface area contributed by atoms with Gasteiger partial charge in [-0.3, -0.25) is 9.80 Å². The quantitative estimate of drug-likeness (QED) is 0.755. The fraction of sp³-hybridized carbons (Fsp3) is 1.00. The molecule has 1 aliphatic carbocycles. The number of piperazine rings is 1. The average Bonchev–Trinajstić information content (AvgIpc) is 3.27. The second kappa shape index (κ2) is 6.36. The van der Waals surface area contributed by atoms with Gasteiger partial charge in [0.05, 0.1) is 0 Å². The summed E-state index contributed by atoms with van der Waals surface area (Å²) in [5.41, 5.74) is 0. The van der Waals surface area contributed by atoms with E-state index in [1.54, 1.807) is 0 Å². The van der Waals surface area contributed by atoms with Crippen molar-refractivity contribution >= 4 is 0 Å². The summed E-state index contributed by atoms with van der Waals surface area (Å²) < 4.78 is 0. The highest BCUT2D eigenvalue weighted by atomic mass is 15.3. The van der Waals surface area contributed by atoms with Gasteiger partial charge in [0.1, 0.15) is 0 Å². The van der Waals surface area contributed by atoms with Crippen LogP contribution in [0.25, 0.3) is 0 Å². The Morgan fingerprint density at radius 3 is 2.50 bits per heavy atom. The van der Waals surface area contributed by atoms with Gasteiger partial charge in [-0.05, 0) is 44.1 Å². The molecule has 0 aromatic heterocycles. The summed E-state index contributed by atoms with van der Waals surface area (Å²) in [7, 11) is 0. The third kappa shape index (κ3) is 3.22. The van der Waals surface area contributed by atoms with Crippen LogP contribution in [-0.4, -0.2) is 47.6 Å². The van der Waals surface area contributed by atoms with Crippen LogP contribution in [-0.2, 0) is 0 Å². The number of rotatable bonds is 5. The lowest BCUT2D eigenvalue weighted by molar-refractivity contribution is -0.0336. The summed E-state index contributed by atoms with van der Waals surface area (Å²) in [5.74, 6) is 1.86. The van der Waals surface area contributed by atoms with Gasteiger partial charge in [-0.25, -0.2) is 0 Å². The van der Waals surface area contributed by atoms with Crippen LogP contribution in [0.5, 0.6) is 0 Å². The predicted octanol–water partition coefficient (Wildman–Crippen LogP) is 3.76. The minimum atomic E-state index is 0.797. The first-order chi connectivity index (χ1) is 9.69. The van der Waals surface area contributed by atoms with Gasteiger partial charge in [0.15, 0.2) is 0 Å². The number of hydrogen-bond donors (Lipinski definition) is 0. The van der Waals surface area contributed by atoms with Gasteiger partial charge >= 0.3 is 0 Å². The lowest BCUT2D eigenvalue weighted by Crippen LogP contribution is -2.63. The molecule has 3 unspecified atom stereocenters. The first kappa shape index (κ1) is 14.8. The standard InChI is InChI=1S/C18H34N2/c1-4-16(11-15-8-9-15)20-12-17-7-5-6-10-19(17)13-18(20)14(2)3/h14-18H,4-13H2,1-3H3. The molecule has 3 aliphatic rings. The molecule has 0 bridgehead atoms. The fourth-order valence-electron chi connectivity index (χ4n) is 4.52. The van der Waals surface area contributed by atoms with Gasteiger partial charge in [-0.15, -0.1) is 0 Å². The first-order valence-electron chi connectivity index (χ1n) is 9.18. The van der Waals surface area contributed by atoms with Crippen LogP contribution in [0.1, 0.15) is 65.7 Å². The van der Waals surface area contributed by atoms with Crippen molar-refractivity contribution in [2.24, 2.45) is 11.8 Å². The zero-order chi connectivity index (χ0) is 14.1. The van der Waals surface area contributed by atoms with E-state index in [4.69, 9.17) is 0 Å². The third-order valence-corrected chi connectivity index (χ3v) is 6.03. The van der Waals surface area contributed by atoms with Crippen LogP contribution in [0.2, 0.25) is 0 Å². The number of fused-ring (bicyclic) bond motifs is 1. The molecule has 2 aliphatic heterocycles. The molecular weight excluding hydrogens is 244 g/mol. The van der Waals surface area contributed by atoms with Crippen molar-refractivity contribution in [3.8, 4) is 0 Å². The summed E-state index contributed by atoms with van der Waals surface area (Å²) >= 11 is 0. The van der Waals surface area contributed by atoms with Crippen molar-refractivity contribution in [1.29, 1.82) is 0 Å². The van der Waals surface area contributed by atoms with Crippen molar-refractivity contribution in [3.05, 3.63) is 0 Å². The smallest absolute Gasteiger partial charge is 0.0249 e. The molecule has 3 fully saturated rings. The molecule has 0 amide bonds. The van der Waals surface area contributed by atoms with E-state index in [0.29, 0.717) is 0 Å². The van der Waals surface area contributed by atoms with Crippen molar-refractivity contribution in [2.45, 2.75) is 83.8 Å². The zero-order valence-electron chi connectivity index (χ0n) is 13.9. The second-order valence-corrected chi connectivity index (χ2v) is 7.89. The van der Waals surface area contributed by atoms with Gasteiger partial charge in [0, 0.05) is 31.2 Å². The highest BCUT2D eigenvalue weighted by molar-refractivity contribution is 4.95. The second-order valence-electron chi connectivity index (χ2n) is 7.89. The molecule has 3 rings (SSSR count). The molecular formula is C18H34N2. The number of hydrogen-bond acceptors (Lipinski definition) is 2. The van der Waals surface area contributed by atoms with Crippen LogP contribution in [0.15, 0.2) is 0 Å². The molecule has 0 N–H and O–H groups in total. The van der Waals surface area contributed by atoms with E-state index >= 15 is 0 Å². The highest BCUT2D eigenvalue weighted by Gasteiger charge is 2.40. The molecule has 2 heterocycles. The van der Waals surface area contributed by atoms with Crippen molar-refractivity contribution < 1.29 is 0 Å². The van der Waals surface area contributed by atoms with E-state index in [1.807, 2.05) is 0 Å². The Hall–Kier alpha value is -0.0800. The maximum Gasteiger partial charge on any atom is 0.0249 e. The lowest BCUT2D eigenvalue weighted by atomic mass is 9.89.